The number of carboxylic acid groups (broad SMARTS) is 1. The van der Waals surface area contributed by atoms with E-state index in [2.05, 4.69) is 5.32 Å². The molecule has 0 bridgehead atoms. The van der Waals surface area contributed by atoms with Crippen molar-refractivity contribution in [2.45, 2.75) is 19.8 Å². The van der Waals surface area contributed by atoms with Crippen LogP contribution in [0.4, 0.5) is 0 Å². The van der Waals surface area contributed by atoms with Crippen molar-refractivity contribution in [2.24, 2.45) is 0 Å². The molecule has 0 aromatic carbocycles. The standard InChI is InChI=1S/C6H13NO2.Na/c1-2-7-5-3-4-6(8)9;/h7H,2-5H2,1H3,(H,8,9);/q;+1/p-1. The Labute approximate surface area is 83.5 Å². The van der Waals surface area contributed by atoms with Gasteiger partial charge in [0, 0.05) is 5.97 Å². The van der Waals surface area contributed by atoms with Crippen LogP contribution in [0.15, 0.2) is 0 Å². The van der Waals surface area contributed by atoms with Gasteiger partial charge in [-0.1, -0.05) is 6.92 Å². The molecule has 0 heterocycles. The molecule has 54 valence electrons. The molecular weight excluding hydrogens is 141 g/mol. The largest absolute Gasteiger partial charge is 1.00 e. The first-order chi connectivity index (χ1) is 4.27. The van der Waals surface area contributed by atoms with Gasteiger partial charge in [-0.25, -0.2) is 0 Å². The Morgan fingerprint density at radius 1 is 1.60 bits per heavy atom. The van der Waals surface area contributed by atoms with Crippen molar-refractivity contribution < 1.29 is 39.5 Å². The summed E-state index contributed by atoms with van der Waals surface area (Å²) in [5.41, 5.74) is 0. The van der Waals surface area contributed by atoms with Crippen LogP contribution in [0.1, 0.15) is 19.8 Å². The molecule has 0 aliphatic carbocycles. The van der Waals surface area contributed by atoms with E-state index in [0.717, 1.165) is 13.1 Å². The van der Waals surface area contributed by atoms with E-state index in [1.807, 2.05) is 6.92 Å². The van der Waals surface area contributed by atoms with Crippen LogP contribution in [0, 0.1) is 0 Å². The van der Waals surface area contributed by atoms with Crippen LogP contribution < -0.4 is 40.0 Å². The molecule has 0 fully saturated rings. The summed E-state index contributed by atoms with van der Waals surface area (Å²) in [6.07, 6.45) is 0.823. The van der Waals surface area contributed by atoms with Crippen LogP contribution in [0.5, 0.6) is 0 Å². The number of hydrogen-bond donors (Lipinski definition) is 1. The van der Waals surface area contributed by atoms with Crippen molar-refractivity contribution >= 4 is 5.97 Å². The minimum Gasteiger partial charge on any atom is -0.550 e. The first kappa shape index (κ1) is 13.1. The summed E-state index contributed by atoms with van der Waals surface area (Å²) in [7, 11) is 0. The third-order valence-electron chi connectivity index (χ3n) is 0.984. The second-order valence-electron chi connectivity index (χ2n) is 1.83. The van der Waals surface area contributed by atoms with Crippen LogP contribution in [-0.2, 0) is 4.79 Å². The second kappa shape index (κ2) is 9.43. The minimum absolute atomic E-state index is 0. The summed E-state index contributed by atoms with van der Waals surface area (Å²) in [6, 6.07) is 0. The van der Waals surface area contributed by atoms with Gasteiger partial charge in [0.15, 0.2) is 0 Å². The molecule has 0 aromatic heterocycles. The molecule has 0 aliphatic heterocycles. The molecule has 10 heavy (non-hydrogen) atoms. The monoisotopic (exact) mass is 153 g/mol. The number of carbonyl (C=O) groups is 1. The van der Waals surface area contributed by atoms with E-state index >= 15 is 0 Å². The van der Waals surface area contributed by atoms with Crippen molar-refractivity contribution in [3.05, 3.63) is 0 Å². The van der Waals surface area contributed by atoms with E-state index in [9.17, 15) is 9.90 Å². The van der Waals surface area contributed by atoms with Gasteiger partial charge in [0.1, 0.15) is 0 Å². The van der Waals surface area contributed by atoms with Gasteiger partial charge in [0.25, 0.3) is 0 Å². The van der Waals surface area contributed by atoms with Gasteiger partial charge in [-0.2, -0.15) is 0 Å². The summed E-state index contributed by atoms with van der Waals surface area (Å²) >= 11 is 0. The van der Waals surface area contributed by atoms with E-state index in [1.54, 1.807) is 0 Å². The van der Waals surface area contributed by atoms with Gasteiger partial charge in [-0.05, 0) is 25.9 Å². The Morgan fingerprint density at radius 3 is 2.60 bits per heavy atom. The molecule has 1 N–H and O–H groups in total. The van der Waals surface area contributed by atoms with Crippen molar-refractivity contribution in [3.8, 4) is 0 Å². The molecule has 0 radical (unpaired) electrons. The topological polar surface area (TPSA) is 52.2 Å². The smallest absolute Gasteiger partial charge is 0.550 e. The normalized spacial score (nSPS) is 8.50. The summed E-state index contributed by atoms with van der Waals surface area (Å²) in [5, 5.41) is 12.8. The van der Waals surface area contributed by atoms with Gasteiger partial charge in [0.05, 0.1) is 0 Å². The second-order valence-corrected chi connectivity index (χ2v) is 1.83. The van der Waals surface area contributed by atoms with Crippen LogP contribution in [-0.4, -0.2) is 19.1 Å². The predicted octanol–water partition coefficient (Wildman–Crippen LogP) is -3.87. The fourth-order valence-electron chi connectivity index (χ4n) is 0.535. The number of carboxylic acids is 1. The molecule has 0 amide bonds. The predicted molar refractivity (Wildman–Crippen MR) is 32.8 cm³/mol. The van der Waals surface area contributed by atoms with E-state index in [1.165, 1.54) is 0 Å². The maximum atomic E-state index is 9.82. The van der Waals surface area contributed by atoms with Crippen molar-refractivity contribution in [3.63, 3.8) is 0 Å². The fourth-order valence-corrected chi connectivity index (χ4v) is 0.535. The Hall–Kier alpha value is 0.430. The number of carbonyl (C=O) groups excluding carboxylic acids is 1. The molecule has 4 heteroatoms. The zero-order valence-corrected chi connectivity index (χ0v) is 8.64. The summed E-state index contributed by atoms with van der Waals surface area (Å²) in [5.74, 6) is -0.965. The first-order valence-electron chi connectivity index (χ1n) is 3.18. The molecule has 0 aromatic rings. The molecule has 0 saturated carbocycles. The zero-order valence-electron chi connectivity index (χ0n) is 6.64. The maximum absolute atomic E-state index is 9.82. The molecule has 0 unspecified atom stereocenters. The fraction of sp³-hybridized carbons (Fsp3) is 0.833. The van der Waals surface area contributed by atoms with Gasteiger partial charge >= 0.3 is 29.6 Å². The zero-order chi connectivity index (χ0) is 7.11. The Morgan fingerprint density at radius 2 is 2.20 bits per heavy atom. The van der Waals surface area contributed by atoms with E-state index < -0.39 is 5.97 Å². The molecule has 3 nitrogen and oxygen atoms in total. The Bertz CT molecular complexity index is 87.8. The van der Waals surface area contributed by atoms with Crippen LogP contribution >= 0.6 is 0 Å². The van der Waals surface area contributed by atoms with Crippen molar-refractivity contribution in [2.75, 3.05) is 13.1 Å². The summed E-state index contributed by atoms with van der Waals surface area (Å²) < 4.78 is 0. The van der Waals surface area contributed by atoms with Gasteiger partial charge in [-0.3, -0.25) is 0 Å². The molecular formula is C6H12NNaO2. The van der Waals surface area contributed by atoms with Gasteiger partial charge < -0.3 is 15.2 Å². The first-order valence-corrected chi connectivity index (χ1v) is 3.18. The summed E-state index contributed by atoms with van der Waals surface area (Å²) in [6.45, 7) is 3.65. The molecule has 0 rings (SSSR count). The van der Waals surface area contributed by atoms with Gasteiger partial charge in [0.2, 0.25) is 0 Å². The van der Waals surface area contributed by atoms with Crippen LogP contribution in [0.3, 0.4) is 0 Å². The van der Waals surface area contributed by atoms with Gasteiger partial charge in [-0.15, -0.1) is 0 Å². The molecule has 0 saturated heterocycles. The van der Waals surface area contributed by atoms with E-state index in [-0.39, 0.29) is 36.0 Å². The SMILES string of the molecule is CCNCCCC(=O)[O-].[Na+]. The number of rotatable bonds is 5. The number of nitrogens with one attached hydrogen (secondary N) is 1. The average Bonchev–Trinajstić information content (AvgIpc) is 1.80. The third kappa shape index (κ3) is 11.3. The average molecular weight is 153 g/mol. The maximum Gasteiger partial charge on any atom is 1.00 e. The molecule has 0 atom stereocenters. The van der Waals surface area contributed by atoms with E-state index in [0.29, 0.717) is 6.42 Å². The van der Waals surface area contributed by atoms with Crippen molar-refractivity contribution in [1.29, 1.82) is 0 Å². The third-order valence-corrected chi connectivity index (χ3v) is 0.984. The Kier molecular flexibility index (Phi) is 12.3. The molecule has 0 aliphatic rings. The number of hydrogen-bond acceptors (Lipinski definition) is 3. The Balaban J connectivity index is 0. The van der Waals surface area contributed by atoms with E-state index in [4.69, 9.17) is 0 Å². The van der Waals surface area contributed by atoms with Crippen LogP contribution in [0.2, 0.25) is 0 Å². The molecule has 0 spiro atoms. The quantitative estimate of drug-likeness (QED) is 0.325. The minimum atomic E-state index is -0.965. The van der Waals surface area contributed by atoms with Crippen LogP contribution in [0.25, 0.3) is 0 Å². The summed E-state index contributed by atoms with van der Waals surface area (Å²) in [4.78, 5) is 9.82. The van der Waals surface area contributed by atoms with Crippen molar-refractivity contribution in [1.82, 2.24) is 5.32 Å². The number of aliphatic carboxylic acids is 1.